The van der Waals surface area contributed by atoms with E-state index in [-0.39, 0.29) is 18.8 Å². The molecule has 1 aliphatic heterocycles. The minimum atomic E-state index is -0.478. The molecule has 1 fully saturated rings. The highest BCUT2D eigenvalue weighted by Gasteiger charge is 2.35. The Kier molecular flexibility index (Phi) is 5.14. The quantitative estimate of drug-likeness (QED) is 0.546. The van der Waals surface area contributed by atoms with E-state index in [1.54, 1.807) is 7.11 Å². The summed E-state index contributed by atoms with van der Waals surface area (Å²) in [7, 11) is 1.69. The van der Waals surface area contributed by atoms with Crippen LogP contribution in [0.25, 0.3) is 0 Å². The lowest BCUT2D eigenvalue weighted by Crippen LogP contribution is -2.47. The molecule has 1 atom stereocenters. The van der Waals surface area contributed by atoms with E-state index >= 15 is 0 Å². The van der Waals surface area contributed by atoms with Crippen molar-refractivity contribution in [3.63, 3.8) is 0 Å². The topological polar surface area (TPSA) is 71.0 Å². The lowest BCUT2D eigenvalue weighted by atomic mass is 9.92. The molecule has 0 aliphatic carbocycles. The van der Waals surface area contributed by atoms with Crippen LogP contribution in [0.4, 0.5) is 0 Å². The molecule has 5 heteroatoms. The van der Waals surface area contributed by atoms with Crippen LogP contribution in [0.3, 0.4) is 0 Å². The summed E-state index contributed by atoms with van der Waals surface area (Å²) in [5, 5.41) is 21.5. The van der Waals surface area contributed by atoms with Gasteiger partial charge in [0.2, 0.25) is 0 Å². The Bertz CT molecular complexity index is 200. The van der Waals surface area contributed by atoms with Crippen molar-refractivity contribution >= 4 is 0 Å². The Morgan fingerprint density at radius 1 is 1.44 bits per heavy atom. The van der Waals surface area contributed by atoms with E-state index in [4.69, 9.17) is 19.7 Å². The zero-order valence-corrected chi connectivity index (χ0v) is 10.2. The summed E-state index contributed by atoms with van der Waals surface area (Å²) in [6, 6.07) is 0. The molecule has 3 N–H and O–H groups in total. The van der Waals surface area contributed by atoms with Crippen LogP contribution < -0.4 is 5.32 Å². The highest BCUT2D eigenvalue weighted by atomic mass is 16.5. The standard InChI is InChI=1S/C11H23NO4/c1-10(7-13,8-14)5-12-6-11(15-2)3-4-16-9-11/h12-14H,3-9H2,1-2H3. The maximum Gasteiger partial charge on any atom is 0.106 e. The molecular formula is C11H23NO4. The van der Waals surface area contributed by atoms with Gasteiger partial charge in [0.15, 0.2) is 0 Å². The number of aliphatic hydroxyl groups excluding tert-OH is 2. The van der Waals surface area contributed by atoms with Gasteiger partial charge in [0.1, 0.15) is 5.60 Å². The largest absolute Gasteiger partial charge is 0.396 e. The van der Waals surface area contributed by atoms with Gasteiger partial charge >= 0.3 is 0 Å². The first-order chi connectivity index (χ1) is 7.60. The average molecular weight is 233 g/mol. The van der Waals surface area contributed by atoms with Gasteiger partial charge in [0, 0.05) is 38.6 Å². The Hall–Kier alpha value is -0.200. The molecule has 0 radical (unpaired) electrons. The first-order valence-corrected chi connectivity index (χ1v) is 5.65. The van der Waals surface area contributed by atoms with Crippen molar-refractivity contribution in [2.24, 2.45) is 5.41 Å². The summed E-state index contributed by atoms with van der Waals surface area (Å²) >= 11 is 0. The Morgan fingerprint density at radius 2 is 2.12 bits per heavy atom. The number of ether oxygens (including phenoxy) is 2. The molecule has 0 amide bonds. The minimum Gasteiger partial charge on any atom is -0.396 e. The van der Waals surface area contributed by atoms with Crippen molar-refractivity contribution in [3.05, 3.63) is 0 Å². The number of aliphatic hydroxyl groups is 2. The zero-order chi connectivity index (χ0) is 12.1. The molecule has 96 valence electrons. The fourth-order valence-electron chi connectivity index (χ4n) is 1.71. The van der Waals surface area contributed by atoms with Gasteiger partial charge in [0.05, 0.1) is 19.8 Å². The molecule has 1 rings (SSSR count). The number of methoxy groups -OCH3 is 1. The molecule has 5 nitrogen and oxygen atoms in total. The first kappa shape index (κ1) is 13.9. The van der Waals surface area contributed by atoms with Gasteiger partial charge in [-0.3, -0.25) is 0 Å². The Morgan fingerprint density at radius 3 is 2.56 bits per heavy atom. The van der Waals surface area contributed by atoms with E-state index in [2.05, 4.69) is 5.32 Å². The molecular weight excluding hydrogens is 210 g/mol. The molecule has 1 unspecified atom stereocenters. The number of hydrogen-bond acceptors (Lipinski definition) is 5. The van der Waals surface area contributed by atoms with Crippen LogP contribution in [-0.4, -0.2) is 62.4 Å². The molecule has 0 spiro atoms. The first-order valence-electron chi connectivity index (χ1n) is 5.65. The fourth-order valence-corrected chi connectivity index (χ4v) is 1.71. The summed E-state index contributed by atoms with van der Waals surface area (Å²) in [6.07, 6.45) is 0.880. The third kappa shape index (κ3) is 3.40. The summed E-state index contributed by atoms with van der Waals surface area (Å²) in [4.78, 5) is 0. The number of hydrogen-bond donors (Lipinski definition) is 3. The van der Waals surface area contributed by atoms with Crippen molar-refractivity contribution in [1.82, 2.24) is 5.32 Å². The molecule has 1 saturated heterocycles. The van der Waals surface area contributed by atoms with Crippen LogP contribution in [0.1, 0.15) is 13.3 Å². The van der Waals surface area contributed by atoms with Crippen LogP contribution in [-0.2, 0) is 9.47 Å². The molecule has 1 heterocycles. The van der Waals surface area contributed by atoms with Crippen LogP contribution in [0.15, 0.2) is 0 Å². The lowest BCUT2D eigenvalue weighted by Gasteiger charge is -2.30. The van der Waals surface area contributed by atoms with Crippen LogP contribution in [0.5, 0.6) is 0 Å². The third-order valence-corrected chi connectivity index (χ3v) is 3.26. The van der Waals surface area contributed by atoms with Gasteiger partial charge in [-0.05, 0) is 0 Å². The highest BCUT2D eigenvalue weighted by Crippen LogP contribution is 2.22. The van der Waals surface area contributed by atoms with E-state index in [0.29, 0.717) is 19.7 Å². The second-order valence-electron chi connectivity index (χ2n) is 4.92. The predicted octanol–water partition coefficient (Wildman–Crippen LogP) is -0.628. The molecule has 16 heavy (non-hydrogen) atoms. The normalized spacial score (nSPS) is 26.2. The summed E-state index contributed by atoms with van der Waals surface area (Å²) < 4.78 is 10.8. The zero-order valence-electron chi connectivity index (χ0n) is 10.2. The van der Waals surface area contributed by atoms with Gasteiger partial charge in [-0.2, -0.15) is 0 Å². The molecule has 0 bridgehead atoms. The van der Waals surface area contributed by atoms with Crippen molar-refractivity contribution < 1.29 is 19.7 Å². The second-order valence-corrected chi connectivity index (χ2v) is 4.92. The molecule has 0 saturated carbocycles. The van der Waals surface area contributed by atoms with Crippen molar-refractivity contribution in [2.75, 3.05) is 46.6 Å². The molecule has 0 aromatic carbocycles. The van der Waals surface area contributed by atoms with Crippen LogP contribution in [0, 0.1) is 5.41 Å². The minimum absolute atomic E-state index is 0.0347. The lowest BCUT2D eigenvalue weighted by molar-refractivity contribution is -0.0197. The fraction of sp³-hybridized carbons (Fsp3) is 1.00. The van der Waals surface area contributed by atoms with Gasteiger partial charge < -0.3 is 25.0 Å². The number of rotatable bonds is 7. The molecule has 1 aliphatic rings. The SMILES string of the molecule is COC1(CNCC(C)(CO)CO)CCOC1. The van der Waals surface area contributed by atoms with Crippen molar-refractivity contribution in [2.45, 2.75) is 18.9 Å². The average Bonchev–Trinajstić information content (AvgIpc) is 2.78. The van der Waals surface area contributed by atoms with E-state index in [9.17, 15) is 0 Å². The third-order valence-electron chi connectivity index (χ3n) is 3.26. The monoisotopic (exact) mass is 233 g/mol. The molecule has 0 aromatic rings. The predicted molar refractivity (Wildman–Crippen MR) is 60.3 cm³/mol. The second kappa shape index (κ2) is 5.93. The van der Waals surface area contributed by atoms with Gasteiger partial charge in [-0.25, -0.2) is 0 Å². The maximum atomic E-state index is 9.14. The summed E-state index contributed by atoms with van der Waals surface area (Å²) in [5.41, 5.74) is -0.722. The van der Waals surface area contributed by atoms with Crippen molar-refractivity contribution in [1.29, 1.82) is 0 Å². The highest BCUT2D eigenvalue weighted by molar-refractivity contribution is 4.88. The van der Waals surface area contributed by atoms with Crippen LogP contribution >= 0.6 is 0 Å². The van der Waals surface area contributed by atoms with Gasteiger partial charge in [-0.15, -0.1) is 0 Å². The smallest absolute Gasteiger partial charge is 0.106 e. The van der Waals surface area contributed by atoms with Crippen LogP contribution in [0.2, 0.25) is 0 Å². The molecule has 0 aromatic heterocycles. The van der Waals surface area contributed by atoms with Crippen molar-refractivity contribution in [3.8, 4) is 0 Å². The van der Waals surface area contributed by atoms with E-state index < -0.39 is 5.41 Å². The van der Waals surface area contributed by atoms with Gasteiger partial charge in [0.25, 0.3) is 0 Å². The Balaban J connectivity index is 2.33. The maximum absolute atomic E-state index is 9.14. The van der Waals surface area contributed by atoms with E-state index in [0.717, 1.165) is 13.0 Å². The van der Waals surface area contributed by atoms with E-state index in [1.807, 2.05) is 6.92 Å². The van der Waals surface area contributed by atoms with E-state index in [1.165, 1.54) is 0 Å². The Labute approximate surface area is 96.7 Å². The summed E-state index contributed by atoms with van der Waals surface area (Å²) in [5.74, 6) is 0. The number of nitrogens with one attached hydrogen (secondary N) is 1. The summed E-state index contributed by atoms with van der Waals surface area (Å²) in [6.45, 7) is 4.34. The van der Waals surface area contributed by atoms with Gasteiger partial charge in [-0.1, -0.05) is 6.92 Å².